The molecule has 0 atom stereocenters. The van der Waals surface area contributed by atoms with E-state index >= 15 is 0 Å². The summed E-state index contributed by atoms with van der Waals surface area (Å²) in [5, 5.41) is 4.55. The lowest BCUT2D eigenvalue weighted by atomic mass is 9.89. The number of nitrogens with zero attached hydrogens (tertiary/aromatic N) is 2. The Morgan fingerprint density at radius 3 is 2.57 bits per heavy atom. The Balaban J connectivity index is 1.16. The largest absolute Gasteiger partial charge is 0.490 e. The van der Waals surface area contributed by atoms with Crippen molar-refractivity contribution in [3.63, 3.8) is 0 Å². The second kappa shape index (κ2) is 8.54. The number of nitrogens with one attached hydrogen (secondary N) is 1. The van der Waals surface area contributed by atoms with Crippen LogP contribution in [0, 0.1) is 0 Å². The molecule has 5 rings (SSSR count). The van der Waals surface area contributed by atoms with Crippen LogP contribution in [0.4, 0.5) is 0 Å². The van der Waals surface area contributed by atoms with E-state index in [-0.39, 0.29) is 11.6 Å². The predicted molar refractivity (Wildman–Crippen MR) is 119 cm³/mol. The van der Waals surface area contributed by atoms with E-state index in [9.17, 15) is 4.79 Å². The fourth-order valence-electron chi connectivity index (χ4n) is 5.76. The van der Waals surface area contributed by atoms with Gasteiger partial charge in [-0.2, -0.15) is 0 Å². The number of fused-ring (bicyclic) bond motifs is 1. The highest BCUT2D eigenvalue weighted by atomic mass is 16.5. The molecular weight excluding hydrogens is 374 g/mol. The fraction of sp³-hybridized carbons (Fsp3) is 0.600. The number of benzene rings is 1. The molecule has 2 heterocycles. The average Bonchev–Trinajstić information content (AvgIpc) is 3.48. The van der Waals surface area contributed by atoms with Crippen LogP contribution in [0.5, 0.6) is 5.75 Å². The van der Waals surface area contributed by atoms with Crippen LogP contribution in [-0.4, -0.2) is 46.6 Å². The number of ether oxygens (including phenoxy) is 1. The first kappa shape index (κ1) is 19.8. The van der Waals surface area contributed by atoms with Crippen molar-refractivity contribution >= 4 is 16.8 Å². The summed E-state index contributed by atoms with van der Waals surface area (Å²) in [6, 6.07) is 10.4. The number of pyridine rings is 1. The van der Waals surface area contributed by atoms with Gasteiger partial charge in [-0.25, -0.2) is 0 Å². The Morgan fingerprint density at radius 1 is 1.03 bits per heavy atom. The SMILES string of the molecule is O=C(NC1CCC(Oc2ccc3ncccc3c2)CC1)C1(N2CCCC2)CCCC1. The summed E-state index contributed by atoms with van der Waals surface area (Å²) in [4.78, 5) is 20.2. The third-order valence-electron chi connectivity index (χ3n) is 7.45. The Kier molecular flexibility index (Phi) is 5.64. The van der Waals surface area contributed by atoms with Crippen LogP contribution in [0.3, 0.4) is 0 Å². The molecule has 2 aliphatic carbocycles. The summed E-state index contributed by atoms with van der Waals surface area (Å²) in [5.41, 5.74) is 0.776. The number of carbonyl (C=O) groups is 1. The zero-order valence-corrected chi connectivity index (χ0v) is 17.8. The number of rotatable bonds is 5. The Morgan fingerprint density at radius 2 is 1.80 bits per heavy atom. The second-order valence-corrected chi connectivity index (χ2v) is 9.36. The van der Waals surface area contributed by atoms with E-state index in [4.69, 9.17) is 4.74 Å². The molecule has 3 fully saturated rings. The van der Waals surface area contributed by atoms with Crippen molar-refractivity contribution < 1.29 is 9.53 Å². The van der Waals surface area contributed by atoms with Gasteiger partial charge < -0.3 is 10.1 Å². The fourth-order valence-corrected chi connectivity index (χ4v) is 5.76. The number of carbonyl (C=O) groups excluding carboxylic acids is 1. The average molecular weight is 408 g/mol. The normalized spacial score (nSPS) is 26.7. The minimum Gasteiger partial charge on any atom is -0.490 e. The van der Waals surface area contributed by atoms with Crippen LogP contribution < -0.4 is 10.1 Å². The highest BCUT2D eigenvalue weighted by Crippen LogP contribution is 2.38. The minimum atomic E-state index is -0.219. The summed E-state index contributed by atoms with van der Waals surface area (Å²) in [7, 11) is 0. The first-order valence-corrected chi connectivity index (χ1v) is 11.8. The highest BCUT2D eigenvalue weighted by molar-refractivity contribution is 5.87. The maximum Gasteiger partial charge on any atom is 0.240 e. The molecule has 0 unspecified atom stereocenters. The lowest BCUT2D eigenvalue weighted by Gasteiger charge is -2.39. The van der Waals surface area contributed by atoms with Crippen molar-refractivity contribution in [1.82, 2.24) is 15.2 Å². The Labute approximate surface area is 179 Å². The molecule has 1 aliphatic heterocycles. The second-order valence-electron chi connectivity index (χ2n) is 9.36. The minimum absolute atomic E-state index is 0.219. The third-order valence-corrected chi connectivity index (χ3v) is 7.45. The van der Waals surface area contributed by atoms with Crippen molar-refractivity contribution in [2.45, 2.75) is 81.9 Å². The molecular formula is C25H33N3O2. The van der Waals surface area contributed by atoms with Crippen LogP contribution in [-0.2, 0) is 4.79 Å². The van der Waals surface area contributed by atoms with Gasteiger partial charge in [0.2, 0.25) is 5.91 Å². The first-order chi connectivity index (χ1) is 14.7. The topological polar surface area (TPSA) is 54.5 Å². The molecule has 1 aromatic heterocycles. The number of likely N-dealkylation sites (tertiary alicyclic amines) is 1. The molecule has 0 bridgehead atoms. The summed E-state index contributed by atoms with van der Waals surface area (Å²) < 4.78 is 6.27. The van der Waals surface area contributed by atoms with Gasteiger partial charge in [-0.3, -0.25) is 14.7 Å². The molecule has 1 aromatic carbocycles. The molecule has 160 valence electrons. The molecule has 1 amide bonds. The maximum atomic E-state index is 13.3. The maximum absolute atomic E-state index is 13.3. The molecule has 1 saturated heterocycles. The first-order valence-electron chi connectivity index (χ1n) is 11.8. The summed E-state index contributed by atoms with van der Waals surface area (Å²) in [6.07, 6.45) is 13.0. The van der Waals surface area contributed by atoms with Crippen molar-refractivity contribution in [3.8, 4) is 5.75 Å². The van der Waals surface area contributed by atoms with E-state index in [1.54, 1.807) is 0 Å². The van der Waals surface area contributed by atoms with Gasteiger partial charge in [0.05, 0.1) is 11.6 Å². The van der Waals surface area contributed by atoms with E-state index in [0.29, 0.717) is 11.9 Å². The lowest BCUT2D eigenvalue weighted by molar-refractivity contribution is -0.134. The number of hydrogen-bond donors (Lipinski definition) is 1. The zero-order chi connectivity index (χ0) is 20.4. The van der Waals surface area contributed by atoms with Gasteiger partial charge in [-0.15, -0.1) is 0 Å². The zero-order valence-electron chi connectivity index (χ0n) is 17.8. The van der Waals surface area contributed by atoms with E-state index in [1.807, 2.05) is 24.4 Å². The lowest BCUT2D eigenvalue weighted by Crippen LogP contribution is -2.58. The molecule has 1 N–H and O–H groups in total. The quantitative estimate of drug-likeness (QED) is 0.796. The molecule has 30 heavy (non-hydrogen) atoms. The highest BCUT2D eigenvalue weighted by Gasteiger charge is 2.47. The summed E-state index contributed by atoms with van der Waals surface area (Å²) in [5.74, 6) is 1.22. The van der Waals surface area contributed by atoms with Gasteiger partial charge in [0.15, 0.2) is 0 Å². The monoisotopic (exact) mass is 407 g/mol. The molecule has 5 heteroatoms. The van der Waals surface area contributed by atoms with Gasteiger partial charge in [0.1, 0.15) is 11.3 Å². The van der Waals surface area contributed by atoms with Crippen molar-refractivity contribution in [2.75, 3.05) is 13.1 Å². The number of aromatic nitrogens is 1. The van der Waals surface area contributed by atoms with E-state index in [2.05, 4.69) is 27.3 Å². The van der Waals surface area contributed by atoms with E-state index < -0.39 is 0 Å². The van der Waals surface area contributed by atoms with Crippen LogP contribution in [0.25, 0.3) is 10.9 Å². The molecule has 5 nitrogen and oxygen atoms in total. The molecule has 2 aromatic rings. The van der Waals surface area contributed by atoms with Crippen molar-refractivity contribution in [1.29, 1.82) is 0 Å². The van der Waals surface area contributed by atoms with Gasteiger partial charge in [-0.1, -0.05) is 18.9 Å². The van der Waals surface area contributed by atoms with Crippen LogP contribution in [0.2, 0.25) is 0 Å². The summed E-state index contributed by atoms with van der Waals surface area (Å²) >= 11 is 0. The molecule has 2 saturated carbocycles. The van der Waals surface area contributed by atoms with Crippen molar-refractivity contribution in [2.24, 2.45) is 0 Å². The van der Waals surface area contributed by atoms with E-state index in [1.165, 1.54) is 25.7 Å². The van der Waals surface area contributed by atoms with Crippen LogP contribution in [0.1, 0.15) is 64.2 Å². The summed E-state index contributed by atoms with van der Waals surface area (Å²) in [6.45, 7) is 2.19. The standard InChI is InChI=1S/C25H33N3O2/c29-24(25(13-1-2-14-25)28-16-3-4-17-28)27-20-7-9-21(10-8-20)30-22-11-12-23-19(18-22)6-5-15-26-23/h5-6,11-12,15,18,20-21H,1-4,7-10,13-14,16-17H2,(H,27,29). The van der Waals surface area contributed by atoms with Crippen molar-refractivity contribution in [3.05, 3.63) is 36.5 Å². The van der Waals surface area contributed by atoms with Gasteiger partial charge in [0, 0.05) is 17.6 Å². The van der Waals surface area contributed by atoms with Crippen LogP contribution in [0.15, 0.2) is 36.5 Å². The van der Waals surface area contributed by atoms with Gasteiger partial charge >= 0.3 is 0 Å². The predicted octanol–water partition coefficient (Wildman–Crippen LogP) is 4.45. The molecule has 0 spiro atoms. The molecule has 3 aliphatic rings. The molecule has 0 radical (unpaired) electrons. The smallest absolute Gasteiger partial charge is 0.240 e. The van der Waals surface area contributed by atoms with Gasteiger partial charge in [-0.05, 0) is 88.7 Å². The third kappa shape index (κ3) is 3.92. The van der Waals surface area contributed by atoms with E-state index in [0.717, 1.165) is 68.3 Å². The van der Waals surface area contributed by atoms with Crippen LogP contribution >= 0.6 is 0 Å². The Bertz CT molecular complexity index is 879. The Hall–Kier alpha value is -2.14. The van der Waals surface area contributed by atoms with Gasteiger partial charge in [0.25, 0.3) is 0 Å². The number of amides is 1. The number of hydrogen-bond acceptors (Lipinski definition) is 4.